The zero-order valence-corrected chi connectivity index (χ0v) is 17.5. The molecule has 0 bridgehead atoms. The molecule has 144 valence electrons. The average molecular weight is 432 g/mol. The Morgan fingerprint density at radius 2 is 1.81 bits per heavy atom. The Labute approximate surface area is 169 Å². The van der Waals surface area contributed by atoms with Crippen molar-refractivity contribution >= 4 is 33.3 Å². The van der Waals surface area contributed by atoms with Crippen molar-refractivity contribution in [2.24, 2.45) is 0 Å². The van der Waals surface area contributed by atoms with Crippen molar-refractivity contribution in [2.45, 2.75) is 32.1 Å². The molecule has 0 spiro atoms. The fraction of sp³-hybridized carbons (Fsp3) is 0.429. The quantitative estimate of drug-likeness (QED) is 0.737. The van der Waals surface area contributed by atoms with Gasteiger partial charge in [-0.15, -0.1) is 0 Å². The highest BCUT2D eigenvalue weighted by Gasteiger charge is 2.41. The molecule has 1 amide bonds. The smallest absolute Gasteiger partial charge is 0.235 e. The van der Waals surface area contributed by atoms with Gasteiger partial charge in [-0.1, -0.05) is 28.1 Å². The molecule has 0 aliphatic carbocycles. The second-order valence-electron chi connectivity index (χ2n) is 6.73. The van der Waals surface area contributed by atoms with Crippen LogP contribution < -0.4 is 10.2 Å². The number of hydrogen-bond acceptors (Lipinski definition) is 4. The summed E-state index contributed by atoms with van der Waals surface area (Å²) in [7, 11) is 0. The van der Waals surface area contributed by atoms with Gasteiger partial charge in [0.05, 0.1) is 17.3 Å². The molecule has 6 heteroatoms. The molecule has 0 unspecified atom stereocenters. The second kappa shape index (κ2) is 8.85. The van der Waals surface area contributed by atoms with Crippen molar-refractivity contribution in [3.8, 4) is 0 Å². The highest BCUT2D eigenvalue weighted by Crippen LogP contribution is 2.36. The lowest BCUT2D eigenvalue weighted by Gasteiger charge is -2.36. The predicted molar refractivity (Wildman–Crippen MR) is 112 cm³/mol. The summed E-state index contributed by atoms with van der Waals surface area (Å²) in [5, 5.41) is 3.08. The van der Waals surface area contributed by atoms with Gasteiger partial charge in [-0.05, 0) is 56.5 Å². The van der Waals surface area contributed by atoms with Gasteiger partial charge < -0.3 is 15.0 Å². The molecule has 2 aromatic rings. The van der Waals surface area contributed by atoms with Gasteiger partial charge in [0.25, 0.3) is 0 Å². The Kier molecular flexibility index (Phi) is 6.50. The number of amides is 1. The van der Waals surface area contributed by atoms with Gasteiger partial charge in [-0.3, -0.25) is 4.79 Å². The standard InChI is InChI=1S/C21H26BrN3O2/c1-3-25(4-2)19-10-9-18(15-23-19)24-20(26)21(11-13-27-14-12-21)16-5-7-17(22)8-6-16/h5-10,15H,3-4,11-14H2,1-2H3,(H,24,26). The van der Waals surface area contributed by atoms with Gasteiger partial charge in [-0.2, -0.15) is 0 Å². The Bertz CT molecular complexity index is 752. The molecule has 27 heavy (non-hydrogen) atoms. The van der Waals surface area contributed by atoms with Crippen molar-refractivity contribution in [1.29, 1.82) is 0 Å². The molecule has 2 heterocycles. The topological polar surface area (TPSA) is 54.5 Å². The van der Waals surface area contributed by atoms with E-state index < -0.39 is 5.41 Å². The Morgan fingerprint density at radius 3 is 2.37 bits per heavy atom. The van der Waals surface area contributed by atoms with Gasteiger partial charge in [0, 0.05) is 30.8 Å². The summed E-state index contributed by atoms with van der Waals surface area (Å²) in [5.41, 5.74) is 1.18. The zero-order valence-electron chi connectivity index (χ0n) is 15.9. The van der Waals surface area contributed by atoms with Crippen molar-refractivity contribution in [3.63, 3.8) is 0 Å². The lowest BCUT2D eigenvalue weighted by Crippen LogP contribution is -2.44. The molecule has 3 rings (SSSR count). The first-order chi connectivity index (χ1) is 13.1. The molecule has 1 aromatic heterocycles. The highest BCUT2D eigenvalue weighted by molar-refractivity contribution is 9.10. The Morgan fingerprint density at radius 1 is 1.15 bits per heavy atom. The first-order valence-electron chi connectivity index (χ1n) is 9.45. The summed E-state index contributed by atoms with van der Waals surface area (Å²) in [6.07, 6.45) is 3.08. The number of ether oxygens (including phenoxy) is 1. The summed E-state index contributed by atoms with van der Waals surface area (Å²) in [6, 6.07) is 11.9. The van der Waals surface area contributed by atoms with Crippen LogP contribution in [0.5, 0.6) is 0 Å². The Balaban J connectivity index is 1.82. The number of halogens is 1. The molecule has 1 saturated heterocycles. The molecule has 1 aromatic carbocycles. The maximum absolute atomic E-state index is 13.3. The summed E-state index contributed by atoms with van der Waals surface area (Å²) < 4.78 is 6.53. The van der Waals surface area contributed by atoms with E-state index >= 15 is 0 Å². The molecule has 1 aliphatic rings. The first kappa shape index (κ1) is 19.8. The normalized spacial score (nSPS) is 16.0. The fourth-order valence-electron chi connectivity index (χ4n) is 3.58. The molecule has 5 nitrogen and oxygen atoms in total. The van der Waals surface area contributed by atoms with E-state index in [4.69, 9.17) is 4.74 Å². The van der Waals surface area contributed by atoms with Crippen LogP contribution in [-0.4, -0.2) is 37.2 Å². The molecule has 0 atom stereocenters. The van der Waals surface area contributed by atoms with Crippen LogP contribution in [0, 0.1) is 0 Å². The van der Waals surface area contributed by atoms with Gasteiger partial charge in [0.1, 0.15) is 5.82 Å². The molecule has 0 saturated carbocycles. The number of nitrogens with zero attached hydrogens (tertiary/aromatic N) is 2. The minimum Gasteiger partial charge on any atom is -0.381 e. The third kappa shape index (κ3) is 4.33. The van der Waals surface area contributed by atoms with Crippen molar-refractivity contribution in [1.82, 2.24) is 4.98 Å². The van der Waals surface area contributed by atoms with Crippen LogP contribution in [0.3, 0.4) is 0 Å². The van der Waals surface area contributed by atoms with Crippen molar-refractivity contribution < 1.29 is 9.53 Å². The highest BCUT2D eigenvalue weighted by atomic mass is 79.9. The van der Waals surface area contributed by atoms with Crippen molar-refractivity contribution in [2.75, 3.05) is 36.5 Å². The van der Waals surface area contributed by atoms with Crippen LogP contribution in [0.15, 0.2) is 47.1 Å². The van der Waals surface area contributed by atoms with Gasteiger partial charge in [-0.25, -0.2) is 4.98 Å². The molecular weight excluding hydrogens is 406 g/mol. The van der Waals surface area contributed by atoms with Crippen LogP contribution in [-0.2, 0) is 14.9 Å². The molecule has 1 N–H and O–H groups in total. The number of carbonyl (C=O) groups is 1. The van der Waals surface area contributed by atoms with Gasteiger partial charge >= 0.3 is 0 Å². The third-order valence-corrected chi connectivity index (χ3v) is 5.80. The predicted octanol–water partition coefficient (Wildman–Crippen LogP) is 4.38. The van der Waals surface area contributed by atoms with Crippen LogP contribution in [0.25, 0.3) is 0 Å². The van der Waals surface area contributed by atoms with Crippen LogP contribution >= 0.6 is 15.9 Å². The minimum absolute atomic E-state index is 0.00510. The summed E-state index contributed by atoms with van der Waals surface area (Å²) in [6.45, 7) is 7.19. The summed E-state index contributed by atoms with van der Waals surface area (Å²) >= 11 is 3.47. The number of nitrogens with one attached hydrogen (secondary N) is 1. The summed E-state index contributed by atoms with van der Waals surface area (Å²) in [4.78, 5) is 20.0. The monoisotopic (exact) mass is 431 g/mol. The van der Waals surface area contributed by atoms with Crippen molar-refractivity contribution in [3.05, 3.63) is 52.6 Å². The van der Waals surface area contributed by atoms with E-state index in [0.717, 1.165) is 34.6 Å². The maximum Gasteiger partial charge on any atom is 0.235 e. The molecular formula is C21H26BrN3O2. The van der Waals surface area contributed by atoms with Crippen LogP contribution in [0.4, 0.5) is 11.5 Å². The minimum atomic E-state index is -0.573. The van der Waals surface area contributed by atoms with E-state index in [2.05, 4.69) is 45.0 Å². The number of benzene rings is 1. The largest absolute Gasteiger partial charge is 0.381 e. The third-order valence-electron chi connectivity index (χ3n) is 5.27. The first-order valence-corrected chi connectivity index (χ1v) is 10.2. The number of rotatable bonds is 6. The zero-order chi connectivity index (χ0) is 19.3. The summed E-state index contributed by atoms with van der Waals surface area (Å²) in [5.74, 6) is 0.928. The molecule has 1 aliphatic heterocycles. The number of aromatic nitrogens is 1. The Hall–Kier alpha value is -1.92. The van der Waals surface area contributed by atoms with E-state index in [0.29, 0.717) is 26.1 Å². The van der Waals surface area contributed by atoms with Gasteiger partial charge in [0.15, 0.2) is 0 Å². The average Bonchev–Trinajstić information content (AvgIpc) is 2.71. The van der Waals surface area contributed by atoms with Gasteiger partial charge in [0.2, 0.25) is 5.91 Å². The maximum atomic E-state index is 13.3. The lowest BCUT2D eigenvalue weighted by atomic mass is 9.73. The van der Waals surface area contributed by atoms with E-state index in [1.165, 1.54) is 0 Å². The fourth-order valence-corrected chi connectivity index (χ4v) is 3.85. The number of pyridine rings is 1. The number of anilines is 2. The SMILES string of the molecule is CCN(CC)c1ccc(NC(=O)C2(c3ccc(Br)cc3)CCOCC2)cn1. The van der Waals surface area contributed by atoms with E-state index in [1.54, 1.807) is 6.20 Å². The molecule has 1 fully saturated rings. The number of carbonyl (C=O) groups excluding carboxylic acids is 1. The van der Waals surface area contributed by atoms with E-state index in [1.807, 2.05) is 36.4 Å². The van der Waals surface area contributed by atoms with Crippen LogP contribution in [0.1, 0.15) is 32.3 Å². The van der Waals surface area contributed by atoms with Crippen LogP contribution in [0.2, 0.25) is 0 Å². The van der Waals surface area contributed by atoms with E-state index in [9.17, 15) is 4.79 Å². The lowest BCUT2D eigenvalue weighted by molar-refractivity contribution is -0.125. The number of hydrogen-bond donors (Lipinski definition) is 1. The molecule has 0 radical (unpaired) electrons. The van der Waals surface area contributed by atoms with E-state index in [-0.39, 0.29) is 5.91 Å². The second-order valence-corrected chi connectivity index (χ2v) is 7.65.